The highest BCUT2D eigenvalue weighted by molar-refractivity contribution is 5.76. The fourth-order valence-electron chi connectivity index (χ4n) is 8.11. The molecule has 0 bridgehead atoms. The van der Waals surface area contributed by atoms with E-state index < -0.39 is 30.0 Å². The number of rotatable bonds is 8. The van der Waals surface area contributed by atoms with E-state index in [0.717, 1.165) is 19.3 Å². The topological polar surface area (TPSA) is 79.4 Å². The molecule has 242 valence electrons. The zero-order valence-electron chi connectivity index (χ0n) is 27.6. The lowest BCUT2D eigenvalue weighted by Crippen LogP contribution is -2.53. The summed E-state index contributed by atoms with van der Waals surface area (Å²) in [5.41, 5.74) is -1.11. The maximum Gasteiger partial charge on any atom is 0.410 e. The van der Waals surface area contributed by atoms with Gasteiger partial charge in [0.25, 0.3) is 5.92 Å². The number of carbonyl (C=O) groups is 3. The van der Waals surface area contributed by atoms with Crippen molar-refractivity contribution in [3.63, 3.8) is 0 Å². The van der Waals surface area contributed by atoms with Crippen molar-refractivity contribution in [3.8, 4) is 0 Å². The van der Waals surface area contributed by atoms with E-state index in [0.29, 0.717) is 25.9 Å². The molecule has 10 heteroatoms. The van der Waals surface area contributed by atoms with Gasteiger partial charge >= 0.3 is 12.2 Å². The van der Waals surface area contributed by atoms with Crippen LogP contribution in [0.1, 0.15) is 114 Å². The van der Waals surface area contributed by atoms with Crippen LogP contribution in [0.3, 0.4) is 0 Å². The molecule has 3 heterocycles. The average Bonchev–Trinajstić information content (AvgIpc) is 3.58. The molecule has 5 unspecified atom stereocenters. The highest BCUT2D eigenvalue weighted by Crippen LogP contribution is 2.49. The van der Waals surface area contributed by atoms with Crippen LogP contribution in [0.2, 0.25) is 0 Å². The third-order valence-electron chi connectivity index (χ3n) is 10.1. The van der Waals surface area contributed by atoms with Crippen LogP contribution in [0.4, 0.5) is 18.4 Å². The van der Waals surface area contributed by atoms with Crippen LogP contribution >= 0.6 is 0 Å². The molecule has 5 atom stereocenters. The van der Waals surface area contributed by atoms with Gasteiger partial charge in [-0.05, 0) is 61.7 Å². The van der Waals surface area contributed by atoms with Gasteiger partial charge in [0.1, 0.15) is 0 Å². The van der Waals surface area contributed by atoms with Gasteiger partial charge in [0.05, 0.1) is 20.3 Å². The van der Waals surface area contributed by atoms with Crippen molar-refractivity contribution in [1.82, 2.24) is 14.7 Å². The molecule has 0 aliphatic carbocycles. The molecular formula is C32H55F2N3O5. The van der Waals surface area contributed by atoms with Crippen LogP contribution in [0.15, 0.2) is 0 Å². The number of carbonyl (C=O) groups excluding carboxylic acids is 3. The van der Waals surface area contributed by atoms with Gasteiger partial charge in [0, 0.05) is 43.1 Å². The molecule has 3 amide bonds. The van der Waals surface area contributed by atoms with Gasteiger partial charge < -0.3 is 24.2 Å². The average molecular weight is 600 g/mol. The van der Waals surface area contributed by atoms with Crippen LogP contribution in [-0.4, -0.2) is 89.2 Å². The molecule has 3 aliphatic heterocycles. The molecule has 0 radical (unpaired) electrons. The molecule has 3 fully saturated rings. The minimum absolute atomic E-state index is 0.0207. The molecule has 8 nitrogen and oxygen atoms in total. The number of amides is 3. The maximum atomic E-state index is 14.6. The fraction of sp³-hybridized carbons (Fsp3) is 0.906. The highest BCUT2D eigenvalue weighted by Gasteiger charge is 2.55. The third-order valence-corrected chi connectivity index (χ3v) is 10.1. The fourth-order valence-corrected chi connectivity index (χ4v) is 8.11. The van der Waals surface area contributed by atoms with E-state index in [4.69, 9.17) is 9.47 Å². The number of methoxy groups -OCH3 is 1. The maximum absolute atomic E-state index is 14.6. The van der Waals surface area contributed by atoms with E-state index in [9.17, 15) is 23.2 Å². The van der Waals surface area contributed by atoms with Crippen LogP contribution in [-0.2, 0) is 14.3 Å². The Balaban J connectivity index is 1.85. The van der Waals surface area contributed by atoms with Gasteiger partial charge in [0.15, 0.2) is 0 Å². The largest absolute Gasteiger partial charge is 0.453 e. The van der Waals surface area contributed by atoms with E-state index >= 15 is 0 Å². The molecule has 0 N–H and O–H groups in total. The van der Waals surface area contributed by atoms with E-state index in [1.165, 1.54) is 12.0 Å². The molecule has 0 spiro atoms. The Labute approximate surface area is 251 Å². The van der Waals surface area contributed by atoms with Crippen molar-refractivity contribution in [2.45, 2.75) is 150 Å². The Morgan fingerprint density at radius 2 is 1.29 bits per heavy atom. The Bertz CT molecular complexity index is 995. The predicted molar refractivity (Wildman–Crippen MR) is 158 cm³/mol. The first-order valence-electron chi connectivity index (χ1n) is 15.8. The van der Waals surface area contributed by atoms with Crippen molar-refractivity contribution < 1.29 is 32.6 Å². The number of halogens is 2. The Hall–Kier alpha value is -2.13. The molecule has 0 aromatic carbocycles. The van der Waals surface area contributed by atoms with Gasteiger partial charge in [-0.1, -0.05) is 55.4 Å². The number of nitrogens with zero attached hydrogens (tertiary/aromatic N) is 3. The zero-order valence-corrected chi connectivity index (χ0v) is 27.6. The zero-order chi connectivity index (χ0) is 31.8. The van der Waals surface area contributed by atoms with Crippen molar-refractivity contribution in [2.75, 3.05) is 20.3 Å². The second-order valence-electron chi connectivity index (χ2n) is 15.2. The first kappa shape index (κ1) is 34.4. The summed E-state index contributed by atoms with van der Waals surface area (Å²) in [5.74, 6) is -3.19. The summed E-state index contributed by atoms with van der Waals surface area (Å²) >= 11 is 0. The molecule has 0 aromatic heterocycles. The summed E-state index contributed by atoms with van der Waals surface area (Å²) in [6.07, 6.45) is 3.49. The lowest BCUT2D eigenvalue weighted by molar-refractivity contribution is -0.135. The third kappa shape index (κ3) is 7.15. The van der Waals surface area contributed by atoms with E-state index in [-0.39, 0.29) is 59.8 Å². The molecule has 3 aliphatic rings. The van der Waals surface area contributed by atoms with E-state index in [2.05, 4.69) is 34.6 Å². The Morgan fingerprint density at radius 1 is 0.786 bits per heavy atom. The quantitative estimate of drug-likeness (QED) is 0.297. The summed E-state index contributed by atoms with van der Waals surface area (Å²) < 4.78 is 39.9. The molecule has 3 rings (SSSR count). The van der Waals surface area contributed by atoms with Crippen molar-refractivity contribution >= 4 is 18.1 Å². The first-order valence-corrected chi connectivity index (χ1v) is 15.8. The van der Waals surface area contributed by atoms with Crippen molar-refractivity contribution in [2.24, 2.45) is 16.2 Å². The van der Waals surface area contributed by atoms with Crippen molar-refractivity contribution in [1.29, 1.82) is 0 Å². The van der Waals surface area contributed by atoms with Gasteiger partial charge in [0.2, 0.25) is 5.91 Å². The second-order valence-corrected chi connectivity index (χ2v) is 15.2. The normalized spacial score (nSPS) is 28.4. The smallest absolute Gasteiger partial charge is 0.410 e. The second kappa shape index (κ2) is 12.5. The monoisotopic (exact) mass is 599 g/mol. The van der Waals surface area contributed by atoms with Crippen LogP contribution < -0.4 is 0 Å². The summed E-state index contributed by atoms with van der Waals surface area (Å²) in [6, 6.07) is -0.937. The Morgan fingerprint density at radius 3 is 1.76 bits per heavy atom. The standard InChI is InChI=1S/C32H55F2N3O5/c1-11-26(38)35-20-32(33,34)19-25(35)31(8,9)18-22-14-16-24(37(22)27(39)41-10)30(6,7)17-21-13-15-23(29(3,4)5)36(21)28(40)42-12-2/h21-25H,11-20H2,1-10H3. The molecular weight excluding hydrogens is 544 g/mol. The molecule has 0 saturated carbocycles. The van der Waals surface area contributed by atoms with Gasteiger partial charge in [-0.2, -0.15) is 0 Å². The number of ether oxygens (including phenoxy) is 2. The summed E-state index contributed by atoms with van der Waals surface area (Å²) in [4.78, 5) is 44.2. The van der Waals surface area contributed by atoms with Crippen LogP contribution in [0.5, 0.6) is 0 Å². The van der Waals surface area contributed by atoms with Crippen LogP contribution in [0, 0.1) is 16.2 Å². The van der Waals surface area contributed by atoms with E-state index in [1.54, 1.807) is 6.92 Å². The van der Waals surface area contributed by atoms with Crippen LogP contribution in [0.25, 0.3) is 0 Å². The SMILES string of the molecule is CCOC(=O)N1C(CC(C)(C)C2CCC(CC(C)(C)C3CC(F)(F)CN3C(=O)CC)N2C(=O)OC)CCC1C(C)(C)C. The summed E-state index contributed by atoms with van der Waals surface area (Å²) in [7, 11) is 1.37. The minimum atomic E-state index is -2.92. The molecule has 42 heavy (non-hydrogen) atoms. The molecule has 0 aromatic rings. The van der Waals surface area contributed by atoms with Gasteiger partial charge in [-0.25, -0.2) is 18.4 Å². The summed E-state index contributed by atoms with van der Waals surface area (Å²) in [6.45, 7) is 17.9. The number of alkyl halides is 2. The predicted octanol–water partition coefficient (Wildman–Crippen LogP) is 7.10. The first-order chi connectivity index (χ1) is 19.3. The van der Waals surface area contributed by atoms with Gasteiger partial charge in [-0.15, -0.1) is 0 Å². The highest BCUT2D eigenvalue weighted by atomic mass is 19.3. The van der Waals surface area contributed by atoms with Crippen molar-refractivity contribution in [3.05, 3.63) is 0 Å². The lowest BCUT2D eigenvalue weighted by atomic mass is 9.76. The summed E-state index contributed by atoms with van der Waals surface area (Å²) in [5, 5.41) is 0. The van der Waals surface area contributed by atoms with E-state index in [1.807, 2.05) is 30.6 Å². The number of likely N-dealkylation sites (tertiary alicyclic amines) is 3. The number of hydrogen-bond acceptors (Lipinski definition) is 5. The molecule has 3 saturated heterocycles. The number of hydrogen-bond donors (Lipinski definition) is 0. The lowest BCUT2D eigenvalue weighted by Gasteiger charge is -2.45. The van der Waals surface area contributed by atoms with Gasteiger partial charge in [-0.3, -0.25) is 4.79 Å². The minimum Gasteiger partial charge on any atom is -0.453 e. The Kier molecular flexibility index (Phi) is 10.2.